The Hall–Kier alpha value is -0.400. The molecule has 0 aliphatic carbocycles. The molecule has 0 bridgehead atoms. The van der Waals surface area contributed by atoms with Crippen LogP contribution in [0.3, 0.4) is 0 Å². The summed E-state index contributed by atoms with van der Waals surface area (Å²) in [4.78, 5) is 0. The third-order valence-corrected chi connectivity index (χ3v) is 3.30. The van der Waals surface area contributed by atoms with Crippen molar-refractivity contribution < 1.29 is 0 Å². The summed E-state index contributed by atoms with van der Waals surface area (Å²) >= 11 is 0. The molecule has 0 aromatic carbocycles. The summed E-state index contributed by atoms with van der Waals surface area (Å²) in [6.45, 7) is 7.44. The van der Waals surface area contributed by atoms with Crippen molar-refractivity contribution in [2.24, 2.45) is 57.3 Å². The van der Waals surface area contributed by atoms with E-state index in [-0.39, 0.29) is 0 Å². The lowest BCUT2D eigenvalue weighted by Crippen LogP contribution is -2.11. The molecule has 0 radical (unpaired) electrons. The van der Waals surface area contributed by atoms with Crippen LogP contribution in [0.15, 0.2) is 0 Å². The summed E-state index contributed by atoms with van der Waals surface area (Å²) in [5.74, 6) is 0. The number of hydrogen-bond donors (Lipinski definition) is 10. The number of hydrogen-bond acceptors (Lipinski definition) is 10. The van der Waals surface area contributed by atoms with Gasteiger partial charge in [-0.15, -0.1) is 0 Å². The second-order valence-corrected chi connectivity index (χ2v) is 6.42. The molecule has 30 heavy (non-hydrogen) atoms. The first kappa shape index (κ1) is 40.0. The highest BCUT2D eigenvalue weighted by Gasteiger charge is 1.83. The predicted octanol–water partition coefficient (Wildman–Crippen LogP) is -1.58. The van der Waals surface area contributed by atoms with E-state index in [1.165, 1.54) is 19.3 Å². The van der Waals surface area contributed by atoms with E-state index in [0.29, 0.717) is 13.1 Å². The van der Waals surface area contributed by atoms with Gasteiger partial charge < -0.3 is 57.3 Å². The van der Waals surface area contributed by atoms with E-state index in [4.69, 9.17) is 57.3 Å². The molecule has 10 heteroatoms. The molecule has 0 aliphatic heterocycles. The van der Waals surface area contributed by atoms with Gasteiger partial charge in [-0.1, -0.05) is 19.3 Å². The van der Waals surface area contributed by atoms with Gasteiger partial charge in [-0.2, -0.15) is 0 Å². The summed E-state index contributed by atoms with van der Waals surface area (Å²) in [6, 6.07) is 0. The van der Waals surface area contributed by atoms with Gasteiger partial charge >= 0.3 is 0 Å². The maximum absolute atomic E-state index is 5.28. The zero-order valence-electron chi connectivity index (χ0n) is 19.9. The third kappa shape index (κ3) is 91.6. The van der Waals surface area contributed by atoms with Crippen molar-refractivity contribution in [1.29, 1.82) is 0 Å². The van der Waals surface area contributed by atoms with E-state index in [1.807, 2.05) is 0 Å². The van der Waals surface area contributed by atoms with Crippen molar-refractivity contribution in [3.05, 3.63) is 0 Å². The summed E-state index contributed by atoms with van der Waals surface area (Å²) in [5, 5.41) is 0. The molecule has 0 amide bonds. The highest BCUT2D eigenvalue weighted by atomic mass is 14.6. The van der Waals surface area contributed by atoms with Crippen LogP contribution in [-0.4, -0.2) is 65.4 Å². The molecule has 0 aromatic heterocycles. The molecule has 0 fully saturated rings. The first-order valence-electron chi connectivity index (χ1n) is 11.6. The molecule has 0 atom stereocenters. The lowest BCUT2D eigenvalue weighted by molar-refractivity contribution is 0.653. The van der Waals surface area contributed by atoms with Gasteiger partial charge in [-0.05, 0) is 97.3 Å². The Morgan fingerprint density at radius 3 is 0.467 bits per heavy atom. The Balaban J connectivity index is -0.0000000886. The predicted molar refractivity (Wildman–Crippen MR) is 137 cm³/mol. The molecule has 0 unspecified atom stereocenters. The highest BCUT2D eigenvalue weighted by Crippen LogP contribution is 1.95. The third-order valence-electron chi connectivity index (χ3n) is 3.30. The maximum atomic E-state index is 5.28. The van der Waals surface area contributed by atoms with Crippen molar-refractivity contribution in [1.82, 2.24) is 0 Å². The van der Waals surface area contributed by atoms with Gasteiger partial charge in [0.15, 0.2) is 0 Å². The molecule has 190 valence electrons. The minimum absolute atomic E-state index is 0.597. The van der Waals surface area contributed by atoms with Crippen LogP contribution in [-0.2, 0) is 0 Å². The van der Waals surface area contributed by atoms with Crippen LogP contribution in [0.4, 0.5) is 0 Å². The molecule has 20 N–H and O–H groups in total. The van der Waals surface area contributed by atoms with Crippen LogP contribution < -0.4 is 57.3 Å². The second-order valence-electron chi connectivity index (χ2n) is 6.42. The Morgan fingerprint density at radius 1 is 0.167 bits per heavy atom. The van der Waals surface area contributed by atoms with E-state index in [2.05, 4.69) is 0 Å². The summed E-state index contributed by atoms with van der Waals surface area (Å²) in [5.41, 5.74) is 51.3. The van der Waals surface area contributed by atoms with Crippen LogP contribution in [0.1, 0.15) is 64.2 Å². The lowest BCUT2D eigenvalue weighted by atomic mass is 10.2. The van der Waals surface area contributed by atoms with Crippen LogP contribution in [0, 0.1) is 0 Å². The van der Waals surface area contributed by atoms with Crippen molar-refractivity contribution in [3.8, 4) is 0 Å². The quantitative estimate of drug-likeness (QED) is 0.130. The van der Waals surface area contributed by atoms with Crippen molar-refractivity contribution >= 4 is 0 Å². The molecule has 0 aromatic rings. The van der Waals surface area contributed by atoms with Crippen molar-refractivity contribution in [3.63, 3.8) is 0 Å². The number of rotatable bonds is 15. The van der Waals surface area contributed by atoms with Crippen molar-refractivity contribution in [2.45, 2.75) is 64.2 Å². The fourth-order valence-electron chi connectivity index (χ4n) is 1.51. The molecule has 0 saturated carbocycles. The Bertz CT molecular complexity index is 182. The van der Waals surface area contributed by atoms with E-state index in [0.717, 1.165) is 97.3 Å². The smallest absolute Gasteiger partial charge is 0.00461 e. The summed E-state index contributed by atoms with van der Waals surface area (Å²) in [6.07, 6.45) is 11.3. The zero-order chi connectivity index (χ0) is 24.1. The Labute approximate surface area is 187 Å². The monoisotopic (exact) mass is 441 g/mol. The lowest BCUT2D eigenvalue weighted by Gasteiger charge is -1.94. The molecule has 0 heterocycles. The van der Waals surface area contributed by atoms with Gasteiger partial charge in [0.25, 0.3) is 0 Å². The van der Waals surface area contributed by atoms with Gasteiger partial charge in [0.05, 0.1) is 0 Å². The van der Waals surface area contributed by atoms with Crippen LogP contribution in [0.2, 0.25) is 0 Å². The minimum atomic E-state index is 0.597. The molecular weight excluding hydrogens is 380 g/mol. The van der Waals surface area contributed by atoms with Gasteiger partial charge in [-0.25, -0.2) is 0 Å². The van der Waals surface area contributed by atoms with E-state index in [1.54, 1.807) is 0 Å². The standard InChI is InChI=1S/C6H16N2.C5H14N2.C4H12N2.C3H10N2.C2H8N2/c7-5-3-1-2-4-6-8;6-4-2-1-3-5-7;5-3-1-2-4-6;4-2-1-3-5;3-1-2-4/h1-8H2;1-7H2;1-6H2;1-5H2;1-4H2. The van der Waals surface area contributed by atoms with Gasteiger partial charge in [0.1, 0.15) is 0 Å². The maximum Gasteiger partial charge on any atom is 0.00461 e. The number of unbranched alkanes of at least 4 members (excludes halogenated alkanes) is 6. The molecule has 0 saturated heterocycles. The van der Waals surface area contributed by atoms with Crippen LogP contribution >= 0.6 is 0 Å². The normalized spacial score (nSPS) is 9.00. The average Bonchev–Trinajstić information content (AvgIpc) is 2.78. The topological polar surface area (TPSA) is 260 Å². The molecule has 10 nitrogen and oxygen atoms in total. The second kappa shape index (κ2) is 56.7. The highest BCUT2D eigenvalue weighted by molar-refractivity contribution is 4.43. The van der Waals surface area contributed by atoms with Gasteiger partial charge in [-0.3, -0.25) is 0 Å². The molecule has 0 aliphatic rings. The largest absolute Gasteiger partial charge is 0.330 e. The van der Waals surface area contributed by atoms with E-state index >= 15 is 0 Å². The first-order chi connectivity index (χ1) is 14.6. The average molecular weight is 441 g/mol. The Morgan fingerprint density at radius 2 is 0.333 bits per heavy atom. The van der Waals surface area contributed by atoms with E-state index in [9.17, 15) is 0 Å². The van der Waals surface area contributed by atoms with Gasteiger partial charge in [0.2, 0.25) is 0 Å². The Kier molecular flexibility index (Phi) is 75.6. The summed E-state index contributed by atoms with van der Waals surface area (Å²) < 4.78 is 0. The molecular formula is C20H60N10. The van der Waals surface area contributed by atoms with Crippen molar-refractivity contribution in [2.75, 3.05) is 65.4 Å². The number of nitrogens with two attached hydrogens (primary N) is 10. The van der Waals surface area contributed by atoms with E-state index < -0.39 is 0 Å². The van der Waals surface area contributed by atoms with Gasteiger partial charge in [0, 0.05) is 13.1 Å². The van der Waals surface area contributed by atoms with Crippen LogP contribution in [0.25, 0.3) is 0 Å². The molecule has 0 rings (SSSR count). The molecule has 0 spiro atoms. The summed E-state index contributed by atoms with van der Waals surface area (Å²) in [7, 11) is 0. The zero-order valence-corrected chi connectivity index (χ0v) is 19.9. The fraction of sp³-hybridized carbons (Fsp3) is 1.00. The SMILES string of the molecule is NCCCCCCN.NCCCCCN.NCCCCN.NCCCN.NCCN. The fourth-order valence-corrected chi connectivity index (χ4v) is 1.51. The van der Waals surface area contributed by atoms with Crippen LogP contribution in [0.5, 0.6) is 0 Å². The minimum Gasteiger partial charge on any atom is -0.330 e. The first-order valence-corrected chi connectivity index (χ1v) is 11.6.